The summed E-state index contributed by atoms with van der Waals surface area (Å²) in [6.45, 7) is 9.63. The number of carbonyl (C=O) groups excluding carboxylic acids is 1. The van der Waals surface area contributed by atoms with Crippen LogP contribution in [0.2, 0.25) is 5.02 Å². The van der Waals surface area contributed by atoms with Gasteiger partial charge in [-0.1, -0.05) is 32.4 Å². The van der Waals surface area contributed by atoms with Gasteiger partial charge in [0, 0.05) is 29.5 Å². The summed E-state index contributed by atoms with van der Waals surface area (Å²) in [6, 6.07) is 1.61. The van der Waals surface area contributed by atoms with Crippen molar-refractivity contribution in [3.05, 3.63) is 44.4 Å². The monoisotopic (exact) mass is 363 g/mol. The maximum Gasteiger partial charge on any atom is 0.282 e. The van der Waals surface area contributed by atoms with Crippen LogP contribution in [0.5, 0.6) is 0 Å². The lowest BCUT2D eigenvalue weighted by Crippen LogP contribution is -2.20. The fourth-order valence-electron chi connectivity index (χ4n) is 2.72. The van der Waals surface area contributed by atoms with Crippen molar-refractivity contribution in [2.24, 2.45) is 10.9 Å². The molecule has 3 rings (SSSR count). The van der Waals surface area contributed by atoms with Crippen LogP contribution in [0.1, 0.15) is 54.5 Å². The Labute approximate surface area is 151 Å². The summed E-state index contributed by atoms with van der Waals surface area (Å²) in [6.07, 6.45) is 5.56. The number of hydrogen-bond donors (Lipinski definition) is 0. The van der Waals surface area contributed by atoms with Gasteiger partial charge in [-0.05, 0) is 37.2 Å². The van der Waals surface area contributed by atoms with Gasteiger partial charge in [-0.25, -0.2) is 0 Å². The molecule has 1 fully saturated rings. The van der Waals surface area contributed by atoms with Gasteiger partial charge in [0.25, 0.3) is 5.91 Å². The van der Waals surface area contributed by atoms with E-state index in [2.05, 4.69) is 42.2 Å². The number of rotatable bonds is 3. The highest BCUT2D eigenvalue weighted by Gasteiger charge is 2.27. The molecule has 0 radical (unpaired) electrons. The molecule has 24 heavy (non-hydrogen) atoms. The molecule has 2 aromatic heterocycles. The van der Waals surface area contributed by atoms with E-state index in [1.807, 2.05) is 0 Å². The fraction of sp³-hybridized carbons (Fsp3) is 0.500. The van der Waals surface area contributed by atoms with Crippen molar-refractivity contribution in [3.8, 4) is 0 Å². The van der Waals surface area contributed by atoms with E-state index in [1.165, 1.54) is 29.6 Å². The van der Waals surface area contributed by atoms with Crippen molar-refractivity contribution < 1.29 is 4.79 Å². The molecule has 1 aliphatic carbocycles. The van der Waals surface area contributed by atoms with E-state index in [0.717, 1.165) is 11.3 Å². The van der Waals surface area contributed by atoms with Gasteiger partial charge in [-0.3, -0.25) is 9.78 Å². The summed E-state index contributed by atoms with van der Waals surface area (Å²) in [4.78, 5) is 23.0. The number of pyridine rings is 1. The van der Waals surface area contributed by atoms with Crippen LogP contribution in [0.4, 0.5) is 0 Å². The highest BCUT2D eigenvalue weighted by atomic mass is 35.5. The summed E-state index contributed by atoms with van der Waals surface area (Å²) in [5.74, 6) is 0.376. The Balaban J connectivity index is 2.08. The number of aromatic nitrogens is 2. The lowest BCUT2D eigenvalue weighted by molar-refractivity contribution is 0.0997. The molecule has 0 saturated heterocycles. The SMILES string of the molecule is Cc1c(C(C)(C)C)sc(=NC(=O)c2cnccc2Cl)n1CC1CC1. The van der Waals surface area contributed by atoms with Crippen LogP contribution in [0.3, 0.4) is 0 Å². The van der Waals surface area contributed by atoms with E-state index in [4.69, 9.17) is 11.6 Å². The van der Waals surface area contributed by atoms with Gasteiger partial charge in [-0.15, -0.1) is 11.3 Å². The molecule has 1 amide bonds. The third-order valence-corrected chi connectivity index (χ3v) is 6.11. The summed E-state index contributed by atoms with van der Waals surface area (Å²) in [5.41, 5.74) is 1.59. The molecular formula is C18H22ClN3OS. The van der Waals surface area contributed by atoms with Gasteiger partial charge in [0.2, 0.25) is 0 Å². The standard InChI is InChI=1S/C18H22ClN3OS/c1-11-15(18(2,3)4)24-17(22(11)10-12-5-6-12)21-16(23)13-9-20-8-7-14(13)19/h7-9,12H,5-6,10H2,1-4H3. The fourth-order valence-corrected chi connectivity index (χ4v) is 4.10. The number of nitrogens with zero attached hydrogens (tertiary/aromatic N) is 3. The van der Waals surface area contributed by atoms with Crippen molar-refractivity contribution >= 4 is 28.8 Å². The number of hydrogen-bond acceptors (Lipinski definition) is 3. The molecule has 0 N–H and O–H groups in total. The first-order valence-electron chi connectivity index (χ1n) is 8.16. The molecule has 0 aliphatic heterocycles. The zero-order valence-corrected chi connectivity index (χ0v) is 16.0. The highest BCUT2D eigenvalue weighted by Crippen LogP contribution is 2.33. The molecule has 1 aliphatic rings. The van der Waals surface area contributed by atoms with Gasteiger partial charge in [-0.2, -0.15) is 4.99 Å². The summed E-state index contributed by atoms with van der Waals surface area (Å²) >= 11 is 7.71. The zero-order chi connectivity index (χ0) is 17.5. The zero-order valence-electron chi connectivity index (χ0n) is 14.5. The van der Waals surface area contributed by atoms with E-state index >= 15 is 0 Å². The largest absolute Gasteiger partial charge is 0.320 e. The summed E-state index contributed by atoms with van der Waals surface area (Å²) in [5, 5.41) is 0.386. The van der Waals surface area contributed by atoms with Crippen molar-refractivity contribution in [1.82, 2.24) is 9.55 Å². The lowest BCUT2D eigenvalue weighted by Gasteiger charge is -2.17. The van der Waals surface area contributed by atoms with Crippen molar-refractivity contribution in [2.45, 2.75) is 52.5 Å². The molecule has 2 aromatic rings. The molecule has 0 aromatic carbocycles. The Bertz CT molecular complexity index is 841. The Morgan fingerprint density at radius 3 is 2.75 bits per heavy atom. The first-order chi connectivity index (χ1) is 11.3. The minimum Gasteiger partial charge on any atom is -0.320 e. The number of carbonyl (C=O) groups is 1. The van der Waals surface area contributed by atoms with Gasteiger partial charge in [0.15, 0.2) is 4.80 Å². The number of halogens is 1. The summed E-state index contributed by atoms with van der Waals surface area (Å²) < 4.78 is 2.20. The average Bonchev–Trinajstić information content (AvgIpc) is 3.26. The molecule has 128 valence electrons. The van der Waals surface area contributed by atoms with Crippen LogP contribution in [-0.4, -0.2) is 15.5 Å². The van der Waals surface area contributed by atoms with Gasteiger partial charge >= 0.3 is 0 Å². The molecule has 1 saturated carbocycles. The minimum absolute atomic E-state index is 0.0306. The second-order valence-electron chi connectivity index (χ2n) is 7.38. The lowest BCUT2D eigenvalue weighted by atomic mass is 9.93. The predicted octanol–water partition coefficient (Wildman–Crippen LogP) is 4.36. The normalized spacial score (nSPS) is 15.8. The van der Waals surface area contributed by atoms with E-state index in [0.29, 0.717) is 16.5 Å². The molecule has 0 spiro atoms. The number of amides is 1. The van der Waals surface area contributed by atoms with E-state index < -0.39 is 0 Å². The summed E-state index contributed by atoms with van der Waals surface area (Å²) in [7, 11) is 0. The molecule has 0 unspecified atom stereocenters. The third kappa shape index (κ3) is 3.62. The molecule has 0 atom stereocenters. The van der Waals surface area contributed by atoms with Gasteiger partial charge < -0.3 is 4.57 Å². The Hall–Kier alpha value is -1.46. The topological polar surface area (TPSA) is 47.2 Å². The smallest absolute Gasteiger partial charge is 0.282 e. The van der Waals surface area contributed by atoms with Crippen LogP contribution in [0.25, 0.3) is 0 Å². The molecule has 0 bridgehead atoms. The van der Waals surface area contributed by atoms with Crippen molar-refractivity contribution in [2.75, 3.05) is 0 Å². The average molecular weight is 364 g/mol. The minimum atomic E-state index is -0.334. The van der Waals surface area contributed by atoms with Crippen LogP contribution in [0, 0.1) is 12.8 Å². The Morgan fingerprint density at radius 2 is 2.17 bits per heavy atom. The van der Waals surface area contributed by atoms with Crippen molar-refractivity contribution in [1.29, 1.82) is 0 Å². The Morgan fingerprint density at radius 1 is 1.46 bits per heavy atom. The van der Waals surface area contributed by atoms with Gasteiger partial charge in [0.1, 0.15) is 0 Å². The van der Waals surface area contributed by atoms with Crippen molar-refractivity contribution in [3.63, 3.8) is 0 Å². The quantitative estimate of drug-likeness (QED) is 0.813. The first-order valence-corrected chi connectivity index (χ1v) is 9.36. The van der Waals surface area contributed by atoms with Crippen LogP contribution >= 0.6 is 22.9 Å². The number of thiazole rings is 1. The van der Waals surface area contributed by atoms with Crippen LogP contribution in [0.15, 0.2) is 23.5 Å². The predicted molar refractivity (Wildman–Crippen MR) is 97.6 cm³/mol. The Kier molecular flexibility index (Phi) is 4.67. The molecule has 2 heterocycles. The first kappa shape index (κ1) is 17.4. The van der Waals surface area contributed by atoms with E-state index in [-0.39, 0.29) is 11.3 Å². The third-order valence-electron chi connectivity index (χ3n) is 4.17. The van der Waals surface area contributed by atoms with E-state index in [1.54, 1.807) is 23.6 Å². The van der Waals surface area contributed by atoms with Gasteiger partial charge in [0.05, 0.1) is 10.6 Å². The van der Waals surface area contributed by atoms with E-state index in [9.17, 15) is 4.79 Å². The molecule has 6 heteroatoms. The second-order valence-corrected chi connectivity index (χ2v) is 8.76. The molecular weight excluding hydrogens is 342 g/mol. The highest BCUT2D eigenvalue weighted by molar-refractivity contribution is 7.09. The molecule has 4 nitrogen and oxygen atoms in total. The van der Waals surface area contributed by atoms with Crippen LogP contribution in [-0.2, 0) is 12.0 Å². The second kappa shape index (κ2) is 6.45. The maximum absolute atomic E-state index is 12.6. The maximum atomic E-state index is 12.6. The van der Waals surface area contributed by atoms with Crippen LogP contribution < -0.4 is 4.80 Å².